The first-order valence-corrected chi connectivity index (χ1v) is 9.91. The van der Waals surface area contributed by atoms with Crippen LogP contribution in [-0.4, -0.2) is 54.6 Å². The van der Waals surface area contributed by atoms with Gasteiger partial charge in [0.15, 0.2) is 6.54 Å². The molecule has 2 aromatic carbocycles. The van der Waals surface area contributed by atoms with Crippen molar-refractivity contribution in [1.29, 1.82) is 0 Å². The van der Waals surface area contributed by atoms with Crippen LogP contribution in [0.1, 0.15) is 18.9 Å². The van der Waals surface area contributed by atoms with Gasteiger partial charge in [-0.25, -0.2) is 9.07 Å². The van der Waals surface area contributed by atoms with Crippen LogP contribution in [0.3, 0.4) is 0 Å². The smallest absolute Gasteiger partial charge is 0.279 e. The lowest BCUT2D eigenvalue weighted by molar-refractivity contribution is -0.897. The normalized spacial score (nSPS) is 19.3. The molecular formula is C21H26FN6O+. The number of nitrogens with zero attached hydrogens (tertiary/aromatic N) is 4. The van der Waals surface area contributed by atoms with Crippen molar-refractivity contribution in [3.05, 3.63) is 48.3 Å². The van der Waals surface area contributed by atoms with Crippen LogP contribution in [0.4, 0.5) is 15.8 Å². The molecule has 0 atom stereocenters. The van der Waals surface area contributed by atoms with E-state index in [0.717, 1.165) is 42.8 Å². The zero-order valence-electron chi connectivity index (χ0n) is 16.7. The number of likely N-dealkylation sites (tertiary alicyclic amines) is 1. The number of amides is 1. The number of halogens is 1. The number of benzene rings is 2. The van der Waals surface area contributed by atoms with Gasteiger partial charge >= 0.3 is 0 Å². The van der Waals surface area contributed by atoms with Gasteiger partial charge in [0.2, 0.25) is 0 Å². The monoisotopic (exact) mass is 397 g/mol. The Morgan fingerprint density at radius 1 is 1.21 bits per heavy atom. The van der Waals surface area contributed by atoms with Crippen molar-refractivity contribution >= 4 is 28.3 Å². The molecule has 4 rings (SSSR count). The summed E-state index contributed by atoms with van der Waals surface area (Å²) in [6, 6.07) is 12.6. The molecule has 1 aliphatic heterocycles. The van der Waals surface area contributed by atoms with Gasteiger partial charge in [-0.1, -0.05) is 5.21 Å². The molecule has 2 heterocycles. The minimum Gasteiger partial charge on any atom is -0.378 e. The van der Waals surface area contributed by atoms with Crippen LogP contribution < -0.4 is 15.1 Å². The molecule has 7 nitrogen and oxygen atoms in total. The summed E-state index contributed by atoms with van der Waals surface area (Å²) < 4.78 is 15.3. The van der Waals surface area contributed by atoms with E-state index < -0.39 is 0 Å². The molecule has 0 unspecified atom stereocenters. The van der Waals surface area contributed by atoms with E-state index in [1.807, 2.05) is 47.9 Å². The second-order valence-electron chi connectivity index (χ2n) is 7.81. The lowest BCUT2D eigenvalue weighted by Crippen LogP contribution is -3.14. The largest absolute Gasteiger partial charge is 0.378 e. The number of piperidine rings is 1. The highest BCUT2D eigenvalue weighted by Crippen LogP contribution is 2.22. The Morgan fingerprint density at radius 3 is 2.62 bits per heavy atom. The van der Waals surface area contributed by atoms with E-state index in [2.05, 4.69) is 15.6 Å². The predicted molar refractivity (Wildman–Crippen MR) is 111 cm³/mol. The minimum absolute atomic E-state index is 0.0257. The Labute approximate surface area is 169 Å². The van der Waals surface area contributed by atoms with Gasteiger partial charge in [-0.15, -0.1) is 5.10 Å². The first-order valence-electron chi connectivity index (χ1n) is 9.91. The van der Waals surface area contributed by atoms with Gasteiger partial charge < -0.3 is 15.1 Å². The molecule has 3 aromatic rings. The van der Waals surface area contributed by atoms with Crippen LogP contribution in [0.25, 0.3) is 11.0 Å². The third-order valence-corrected chi connectivity index (χ3v) is 5.52. The standard InChI is InChI=1S/C21H25FN6O/c1-26(2)17-6-4-16(5-7-17)23-21(29)14-27-11-9-18(10-12-27)28-20-8-3-15(22)13-19(20)24-25-28/h3-8,13,18H,9-12,14H2,1-2H3,(H,23,29)/p+1. The quantitative estimate of drug-likeness (QED) is 0.685. The van der Waals surface area contributed by atoms with Crippen LogP contribution in [0, 0.1) is 5.82 Å². The highest BCUT2D eigenvalue weighted by molar-refractivity contribution is 5.91. The zero-order chi connectivity index (χ0) is 20.4. The lowest BCUT2D eigenvalue weighted by atomic mass is 10.0. The number of quaternary nitrogens is 1. The Bertz CT molecular complexity index is 992. The van der Waals surface area contributed by atoms with E-state index in [0.29, 0.717) is 12.1 Å². The molecular weight excluding hydrogens is 371 g/mol. The van der Waals surface area contributed by atoms with Crippen molar-refractivity contribution in [3.8, 4) is 0 Å². The van der Waals surface area contributed by atoms with Crippen molar-refractivity contribution < 1.29 is 14.1 Å². The molecule has 0 radical (unpaired) electrons. The second kappa shape index (κ2) is 8.16. The lowest BCUT2D eigenvalue weighted by Gasteiger charge is -2.29. The number of hydrogen-bond donors (Lipinski definition) is 2. The molecule has 0 spiro atoms. The number of carbonyl (C=O) groups excluding carboxylic acids is 1. The maximum atomic E-state index is 13.4. The Hall–Kier alpha value is -3.00. The molecule has 0 bridgehead atoms. The van der Waals surface area contributed by atoms with E-state index >= 15 is 0 Å². The average Bonchev–Trinajstić information content (AvgIpc) is 3.12. The number of rotatable bonds is 5. The highest BCUT2D eigenvalue weighted by atomic mass is 19.1. The predicted octanol–water partition coefficient (Wildman–Crippen LogP) is 1.49. The minimum atomic E-state index is -0.300. The number of hydrogen-bond acceptors (Lipinski definition) is 4. The van der Waals surface area contributed by atoms with Crippen molar-refractivity contribution in [2.45, 2.75) is 18.9 Å². The van der Waals surface area contributed by atoms with Gasteiger partial charge in [0.25, 0.3) is 5.91 Å². The Kier molecular flexibility index (Phi) is 5.44. The summed E-state index contributed by atoms with van der Waals surface area (Å²) in [6.45, 7) is 2.23. The summed E-state index contributed by atoms with van der Waals surface area (Å²) in [5, 5.41) is 11.3. The van der Waals surface area contributed by atoms with Crippen molar-refractivity contribution in [2.24, 2.45) is 0 Å². The number of aromatic nitrogens is 3. The molecule has 0 aliphatic carbocycles. The van der Waals surface area contributed by atoms with Gasteiger partial charge in [0.1, 0.15) is 11.3 Å². The first-order chi connectivity index (χ1) is 14.0. The average molecular weight is 397 g/mol. The van der Waals surface area contributed by atoms with Crippen molar-refractivity contribution in [2.75, 3.05) is 43.9 Å². The van der Waals surface area contributed by atoms with Gasteiger partial charge in [-0.2, -0.15) is 0 Å². The van der Waals surface area contributed by atoms with Gasteiger partial charge in [0, 0.05) is 44.4 Å². The fourth-order valence-electron chi connectivity index (χ4n) is 3.89. The van der Waals surface area contributed by atoms with E-state index in [4.69, 9.17) is 0 Å². The molecule has 1 amide bonds. The molecule has 1 fully saturated rings. The summed E-state index contributed by atoms with van der Waals surface area (Å²) in [7, 11) is 3.97. The maximum Gasteiger partial charge on any atom is 0.279 e. The zero-order valence-corrected chi connectivity index (χ0v) is 16.7. The first kappa shape index (κ1) is 19.3. The summed E-state index contributed by atoms with van der Waals surface area (Å²) in [4.78, 5) is 15.7. The van der Waals surface area contributed by atoms with E-state index in [1.165, 1.54) is 17.0 Å². The Morgan fingerprint density at radius 2 is 1.93 bits per heavy atom. The Balaban J connectivity index is 1.30. The number of nitrogens with one attached hydrogen (secondary N) is 2. The number of carbonyl (C=O) groups is 1. The van der Waals surface area contributed by atoms with Gasteiger partial charge in [-0.05, 0) is 36.4 Å². The molecule has 152 valence electrons. The number of anilines is 2. The fraction of sp³-hybridized carbons (Fsp3) is 0.381. The second-order valence-corrected chi connectivity index (χ2v) is 7.81. The topological polar surface area (TPSA) is 67.5 Å². The van der Waals surface area contributed by atoms with Crippen LogP contribution in [0.5, 0.6) is 0 Å². The molecule has 1 aromatic heterocycles. The fourth-order valence-corrected chi connectivity index (χ4v) is 3.89. The summed E-state index contributed by atoms with van der Waals surface area (Å²) in [5.74, 6) is -0.274. The molecule has 0 saturated carbocycles. The van der Waals surface area contributed by atoms with E-state index in [9.17, 15) is 9.18 Å². The van der Waals surface area contributed by atoms with E-state index in [-0.39, 0.29) is 17.8 Å². The van der Waals surface area contributed by atoms with Crippen molar-refractivity contribution in [1.82, 2.24) is 15.0 Å². The van der Waals surface area contributed by atoms with Gasteiger partial charge in [-0.3, -0.25) is 4.79 Å². The highest BCUT2D eigenvalue weighted by Gasteiger charge is 2.26. The summed E-state index contributed by atoms with van der Waals surface area (Å²) in [5.41, 5.74) is 3.36. The van der Waals surface area contributed by atoms with Crippen LogP contribution in [0.15, 0.2) is 42.5 Å². The molecule has 1 saturated heterocycles. The molecule has 1 aliphatic rings. The van der Waals surface area contributed by atoms with Crippen LogP contribution in [0.2, 0.25) is 0 Å². The summed E-state index contributed by atoms with van der Waals surface area (Å²) in [6.07, 6.45) is 1.83. The van der Waals surface area contributed by atoms with Crippen LogP contribution in [-0.2, 0) is 4.79 Å². The SMILES string of the molecule is CN(C)c1ccc(NC(=O)C[NH+]2CCC(n3nnc4cc(F)ccc43)CC2)cc1. The third-order valence-electron chi connectivity index (χ3n) is 5.52. The number of fused-ring (bicyclic) bond motifs is 1. The molecule has 8 heteroatoms. The van der Waals surface area contributed by atoms with Crippen LogP contribution >= 0.6 is 0 Å². The van der Waals surface area contributed by atoms with E-state index in [1.54, 1.807) is 6.07 Å². The molecule has 29 heavy (non-hydrogen) atoms. The third kappa shape index (κ3) is 4.37. The molecule has 2 N–H and O–H groups in total. The van der Waals surface area contributed by atoms with Gasteiger partial charge in [0.05, 0.1) is 24.6 Å². The summed E-state index contributed by atoms with van der Waals surface area (Å²) >= 11 is 0. The maximum absolute atomic E-state index is 13.4. The van der Waals surface area contributed by atoms with Crippen molar-refractivity contribution in [3.63, 3.8) is 0 Å².